The molecule has 0 aliphatic rings. The predicted molar refractivity (Wildman–Crippen MR) is 32.0 cm³/mol. The highest BCUT2D eigenvalue weighted by Gasteiger charge is 2.16. The van der Waals surface area contributed by atoms with Gasteiger partial charge in [-0.05, 0) is 0 Å². The van der Waals surface area contributed by atoms with Crippen LogP contribution in [0.15, 0.2) is 12.1 Å². The molecule has 0 saturated heterocycles. The highest BCUT2D eigenvalue weighted by Crippen LogP contribution is 2.08. The van der Waals surface area contributed by atoms with E-state index in [9.17, 15) is 12.9 Å². The van der Waals surface area contributed by atoms with Crippen LogP contribution in [0.5, 0.6) is 0 Å². The lowest BCUT2D eigenvalue weighted by atomic mass is 9.92. The second-order valence-electron chi connectivity index (χ2n) is 1.21. The smallest absolute Gasteiger partial charge is 0.445 e. The van der Waals surface area contributed by atoms with Gasteiger partial charge in [0.1, 0.15) is 0 Å². The van der Waals surface area contributed by atoms with Gasteiger partial charge in [0.15, 0.2) is 0 Å². The van der Waals surface area contributed by atoms with Gasteiger partial charge in [0.25, 0.3) is 0 Å². The number of hydrogen-bond acceptors (Lipinski definition) is 0. The van der Waals surface area contributed by atoms with Crippen LogP contribution in [0.25, 0.3) is 0 Å². The zero-order chi connectivity index (χ0) is 6.62. The number of halogens is 4. The Morgan fingerprint density at radius 3 is 2.00 bits per heavy atom. The third kappa shape index (κ3) is 6.07. The first kappa shape index (κ1) is 8.07. The molecule has 0 amide bonds. The Kier molecular flexibility index (Phi) is 3.20. The Balaban J connectivity index is 3.52. The minimum atomic E-state index is -4.71. The first-order valence-corrected chi connectivity index (χ1v) is 3.12. The van der Waals surface area contributed by atoms with Crippen molar-refractivity contribution in [3.63, 3.8) is 0 Å². The van der Waals surface area contributed by atoms with Crippen LogP contribution in [-0.2, 0) is 0 Å². The van der Waals surface area contributed by atoms with E-state index in [0.717, 1.165) is 6.08 Å². The van der Waals surface area contributed by atoms with Crippen LogP contribution in [0, 0.1) is 0 Å². The van der Waals surface area contributed by atoms with Crippen molar-refractivity contribution in [3.8, 4) is 0 Å². The summed E-state index contributed by atoms with van der Waals surface area (Å²) < 4.78 is 33.6. The normalized spacial score (nSPS) is 13.0. The molecule has 0 aliphatic heterocycles. The number of alkyl halides is 1. The van der Waals surface area contributed by atoms with Gasteiger partial charge >= 0.3 is 6.98 Å². The molecule has 0 aromatic rings. The molecule has 0 radical (unpaired) electrons. The maximum Gasteiger partial charge on any atom is 0.502 e. The molecule has 0 nitrogen and oxygen atoms in total. The molecular weight excluding hydrogens is 184 g/mol. The van der Waals surface area contributed by atoms with Crippen LogP contribution < -0.4 is 0 Å². The van der Waals surface area contributed by atoms with Crippen molar-refractivity contribution in [2.45, 2.75) is 0 Å². The summed E-state index contributed by atoms with van der Waals surface area (Å²) in [5.74, 6) is 0.259. The van der Waals surface area contributed by atoms with Crippen molar-refractivity contribution < 1.29 is 12.9 Å². The first-order valence-electron chi connectivity index (χ1n) is 2.00. The summed E-state index contributed by atoms with van der Waals surface area (Å²) in [6.45, 7) is -4.71. The van der Waals surface area contributed by atoms with Crippen molar-refractivity contribution >= 4 is 22.9 Å². The molecule has 0 fully saturated rings. The largest absolute Gasteiger partial charge is 0.502 e. The van der Waals surface area contributed by atoms with Gasteiger partial charge in [-0.15, -0.1) is 12.1 Å². The van der Waals surface area contributed by atoms with Crippen molar-refractivity contribution in [2.24, 2.45) is 0 Å². The molecular formula is C3H4BBrF3-. The monoisotopic (exact) mass is 187 g/mol. The van der Waals surface area contributed by atoms with Crippen molar-refractivity contribution in [1.29, 1.82) is 0 Å². The van der Waals surface area contributed by atoms with Gasteiger partial charge in [-0.2, -0.15) is 0 Å². The van der Waals surface area contributed by atoms with Crippen LogP contribution in [0.3, 0.4) is 0 Å². The zero-order valence-corrected chi connectivity index (χ0v) is 5.54. The van der Waals surface area contributed by atoms with Crippen molar-refractivity contribution in [1.82, 2.24) is 0 Å². The SMILES string of the molecule is F[B-](F)(F)C=CCBr. The van der Waals surface area contributed by atoms with E-state index in [1.54, 1.807) is 0 Å². The lowest BCUT2D eigenvalue weighted by molar-refractivity contribution is 0.498. The average molecular weight is 188 g/mol. The van der Waals surface area contributed by atoms with E-state index in [2.05, 4.69) is 15.9 Å². The number of rotatable bonds is 2. The fourth-order valence-electron chi connectivity index (χ4n) is 0.206. The maximum atomic E-state index is 11.2. The predicted octanol–water partition coefficient (Wildman–Crippen LogP) is 2.32. The summed E-state index contributed by atoms with van der Waals surface area (Å²) in [5.41, 5.74) is 0. The summed E-state index contributed by atoms with van der Waals surface area (Å²) in [5, 5.41) is 0.258. The molecule has 0 heterocycles. The van der Waals surface area contributed by atoms with Crippen LogP contribution in [0.1, 0.15) is 0 Å². The molecule has 0 bridgehead atoms. The van der Waals surface area contributed by atoms with E-state index in [0.29, 0.717) is 0 Å². The van der Waals surface area contributed by atoms with Crippen LogP contribution in [0.2, 0.25) is 0 Å². The zero-order valence-electron chi connectivity index (χ0n) is 3.95. The van der Waals surface area contributed by atoms with Crippen LogP contribution >= 0.6 is 15.9 Å². The van der Waals surface area contributed by atoms with Gasteiger partial charge in [-0.1, -0.05) is 15.9 Å². The van der Waals surface area contributed by atoms with Gasteiger partial charge in [-0.25, -0.2) is 0 Å². The topological polar surface area (TPSA) is 0 Å². The quantitative estimate of drug-likeness (QED) is 0.460. The Bertz CT molecular complexity index is 87.0. The van der Waals surface area contributed by atoms with Gasteiger partial charge < -0.3 is 12.9 Å². The van der Waals surface area contributed by atoms with E-state index >= 15 is 0 Å². The molecule has 0 aromatic carbocycles. The summed E-state index contributed by atoms with van der Waals surface area (Å²) in [4.78, 5) is 0. The third-order valence-electron chi connectivity index (χ3n) is 0.443. The van der Waals surface area contributed by atoms with Gasteiger partial charge in [-0.3, -0.25) is 0 Å². The highest BCUT2D eigenvalue weighted by molar-refractivity contribution is 9.09. The van der Waals surface area contributed by atoms with E-state index < -0.39 is 6.98 Å². The van der Waals surface area contributed by atoms with Crippen LogP contribution in [0.4, 0.5) is 12.9 Å². The molecule has 0 unspecified atom stereocenters. The minimum absolute atomic E-state index is 0.258. The number of hydrogen-bond donors (Lipinski definition) is 0. The van der Waals surface area contributed by atoms with E-state index in [-0.39, 0.29) is 11.3 Å². The lowest BCUT2D eigenvalue weighted by Gasteiger charge is -2.04. The molecule has 0 N–H and O–H groups in total. The summed E-state index contributed by atoms with van der Waals surface area (Å²) >= 11 is 2.83. The lowest BCUT2D eigenvalue weighted by Crippen LogP contribution is -2.09. The molecule has 48 valence electrons. The van der Waals surface area contributed by atoms with Gasteiger partial charge in [0.05, 0.1) is 0 Å². The summed E-state index contributed by atoms with van der Waals surface area (Å²) in [6.07, 6.45) is 1.03. The molecule has 8 heavy (non-hydrogen) atoms. The second-order valence-corrected chi connectivity index (χ2v) is 1.86. The Labute approximate surface area is 53.9 Å². The molecule has 0 saturated carbocycles. The molecule has 0 aromatic heterocycles. The first-order chi connectivity index (χ1) is 3.56. The van der Waals surface area contributed by atoms with E-state index in [1.165, 1.54) is 0 Å². The maximum absolute atomic E-state index is 11.2. The van der Waals surface area contributed by atoms with Gasteiger partial charge in [0, 0.05) is 5.33 Å². The Hall–Kier alpha value is 0.0749. The fraction of sp³-hybridized carbons (Fsp3) is 0.333. The Morgan fingerprint density at radius 1 is 1.38 bits per heavy atom. The molecule has 0 rings (SSSR count). The molecule has 0 atom stereocenters. The second kappa shape index (κ2) is 3.17. The molecule has 0 aliphatic carbocycles. The Morgan fingerprint density at radius 2 is 1.88 bits per heavy atom. The van der Waals surface area contributed by atoms with Crippen LogP contribution in [-0.4, -0.2) is 12.3 Å². The fourth-order valence-corrected chi connectivity index (χ4v) is 0.422. The standard InChI is InChI=1S/C3H4BBrF3/c5-3-1-2-4(6,7)8/h1-2H,3H2/q-1. The van der Waals surface area contributed by atoms with E-state index in [4.69, 9.17) is 0 Å². The summed E-state index contributed by atoms with van der Waals surface area (Å²) in [6, 6.07) is 0. The van der Waals surface area contributed by atoms with E-state index in [1.807, 2.05) is 0 Å². The third-order valence-corrected chi connectivity index (χ3v) is 0.817. The van der Waals surface area contributed by atoms with Crippen molar-refractivity contribution in [2.75, 3.05) is 5.33 Å². The molecule has 5 heteroatoms. The molecule has 0 spiro atoms. The minimum Gasteiger partial charge on any atom is -0.445 e. The van der Waals surface area contributed by atoms with Crippen molar-refractivity contribution in [3.05, 3.63) is 12.1 Å². The number of allylic oxidation sites excluding steroid dienone is 1. The van der Waals surface area contributed by atoms with Gasteiger partial charge in [0.2, 0.25) is 0 Å². The highest BCUT2D eigenvalue weighted by atomic mass is 79.9. The average Bonchev–Trinajstić information content (AvgIpc) is 1.59. The summed E-state index contributed by atoms with van der Waals surface area (Å²) in [7, 11) is 0.